The summed E-state index contributed by atoms with van der Waals surface area (Å²) in [4.78, 5) is 14.1. The Balaban J connectivity index is 1.91. The zero-order valence-corrected chi connectivity index (χ0v) is 12.6. The summed E-state index contributed by atoms with van der Waals surface area (Å²) in [6.07, 6.45) is 1.64. The minimum Gasteiger partial charge on any atom is -0.497 e. The average Bonchev–Trinajstić information content (AvgIpc) is 2.59. The molecule has 116 valence electrons. The van der Waals surface area contributed by atoms with Gasteiger partial charge in [-0.3, -0.25) is 4.79 Å². The first-order valence-corrected chi connectivity index (χ1v) is 7.21. The van der Waals surface area contributed by atoms with Crippen LogP contribution in [0.5, 0.6) is 5.75 Å². The highest BCUT2D eigenvalue weighted by Gasteiger charge is 2.12. The molecule has 1 amide bonds. The number of methoxy groups -OCH3 is 1. The number of hydrogen-bond acceptors (Lipinski definition) is 5. The number of nitriles is 1. The predicted octanol–water partition coefficient (Wildman–Crippen LogP) is 0.624. The van der Waals surface area contributed by atoms with E-state index < -0.39 is 0 Å². The highest BCUT2D eigenvalue weighted by atomic mass is 16.5. The van der Waals surface area contributed by atoms with E-state index in [1.54, 1.807) is 13.3 Å². The van der Waals surface area contributed by atoms with Crippen LogP contribution in [-0.2, 0) is 11.3 Å². The van der Waals surface area contributed by atoms with E-state index in [1.165, 1.54) is 0 Å². The van der Waals surface area contributed by atoms with Crippen LogP contribution in [0.4, 0.5) is 0 Å². The minimum atomic E-state index is -0.350. The number of amides is 1. The second-order valence-corrected chi connectivity index (χ2v) is 4.97. The molecule has 1 aliphatic rings. The molecule has 1 aliphatic heterocycles. The van der Waals surface area contributed by atoms with Gasteiger partial charge in [-0.2, -0.15) is 5.26 Å². The summed E-state index contributed by atoms with van der Waals surface area (Å²) >= 11 is 0. The minimum absolute atomic E-state index is 0.135. The molecule has 1 fully saturated rings. The van der Waals surface area contributed by atoms with Gasteiger partial charge in [-0.15, -0.1) is 0 Å². The van der Waals surface area contributed by atoms with Gasteiger partial charge in [-0.05, 0) is 17.7 Å². The largest absolute Gasteiger partial charge is 0.497 e. The fourth-order valence-corrected chi connectivity index (χ4v) is 2.15. The first-order chi connectivity index (χ1) is 10.7. The Morgan fingerprint density at radius 2 is 2.09 bits per heavy atom. The van der Waals surface area contributed by atoms with Gasteiger partial charge in [0, 0.05) is 38.9 Å². The van der Waals surface area contributed by atoms with Gasteiger partial charge in [0.05, 0.1) is 7.11 Å². The number of carbonyl (C=O) groups excluding carboxylic acids is 1. The zero-order valence-electron chi connectivity index (χ0n) is 12.6. The monoisotopic (exact) mass is 300 g/mol. The molecule has 6 heteroatoms. The van der Waals surface area contributed by atoms with Gasteiger partial charge in [0.1, 0.15) is 17.4 Å². The first kappa shape index (κ1) is 15.9. The van der Waals surface area contributed by atoms with E-state index >= 15 is 0 Å². The number of carbonyl (C=O) groups is 1. The lowest BCUT2D eigenvalue weighted by atomic mass is 10.2. The predicted molar refractivity (Wildman–Crippen MR) is 83.0 cm³/mol. The molecule has 0 radical (unpaired) electrons. The van der Waals surface area contributed by atoms with Crippen LogP contribution >= 0.6 is 0 Å². The van der Waals surface area contributed by atoms with E-state index in [1.807, 2.05) is 35.2 Å². The number of piperazine rings is 1. The van der Waals surface area contributed by atoms with E-state index in [2.05, 4.69) is 10.6 Å². The maximum Gasteiger partial charge on any atom is 0.263 e. The van der Waals surface area contributed by atoms with Crippen molar-refractivity contribution in [3.63, 3.8) is 0 Å². The van der Waals surface area contributed by atoms with Gasteiger partial charge >= 0.3 is 0 Å². The quantitative estimate of drug-likeness (QED) is 0.616. The third-order valence-corrected chi connectivity index (χ3v) is 3.44. The number of benzene rings is 1. The highest BCUT2D eigenvalue weighted by molar-refractivity contribution is 5.97. The fourth-order valence-electron chi connectivity index (χ4n) is 2.15. The molecule has 0 aromatic heterocycles. The molecule has 0 saturated carbocycles. The van der Waals surface area contributed by atoms with Crippen molar-refractivity contribution >= 4 is 5.91 Å². The van der Waals surface area contributed by atoms with Crippen molar-refractivity contribution in [2.24, 2.45) is 0 Å². The summed E-state index contributed by atoms with van der Waals surface area (Å²) in [7, 11) is 1.61. The molecule has 1 saturated heterocycles. The van der Waals surface area contributed by atoms with E-state index in [-0.39, 0.29) is 11.5 Å². The lowest BCUT2D eigenvalue weighted by Gasteiger charge is -2.26. The molecule has 0 aliphatic carbocycles. The molecular weight excluding hydrogens is 280 g/mol. The Hall–Kier alpha value is -2.52. The van der Waals surface area contributed by atoms with Crippen molar-refractivity contribution in [2.45, 2.75) is 6.54 Å². The molecular formula is C16H20N4O2. The van der Waals surface area contributed by atoms with Crippen LogP contribution < -0.4 is 15.4 Å². The van der Waals surface area contributed by atoms with Crippen molar-refractivity contribution in [1.82, 2.24) is 15.5 Å². The maximum atomic E-state index is 12.1. The number of ether oxygens (including phenoxy) is 1. The Labute approximate surface area is 130 Å². The normalized spacial score (nSPS) is 15.1. The van der Waals surface area contributed by atoms with Gasteiger partial charge < -0.3 is 20.3 Å². The van der Waals surface area contributed by atoms with Crippen molar-refractivity contribution in [1.29, 1.82) is 5.26 Å². The van der Waals surface area contributed by atoms with Crippen LogP contribution in [0.15, 0.2) is 36.0 Å². The molecule has 0 atom stereocenters. The first-order valence-electron chi connectivity index (χ1n) is 7.21. The third kappa shape index (κ3) is 4.50. The highest BCUT2D eigenvalue weighted by Crippen LogP contribution is 2.11. The topological polar surface area (TPSA) is 77.4 Å². The number of rotatable bonds is 5. The van der Waals surface area contributed by atoms with Crippen LogP contribution in [0, 0.1) is 11.3 Å². The van der Waals surface area contributed by atoms with E-state index in [9.17, 15) is 4.79 Å². The molecule has 1 heterocycles. The van der Waals surface area contributed by atoms with Crippen LogP contribution in [-0.4, -0.2) is 44.1 Å². The van der Waals surface area contributed by atoms with Gasteiger partial charge in [0.15, 0.2) is 0 Å². The number of nitrogens with zero attached hydrogens (tertiary/aromatic N) is 2. The molecule has 0 spiro atoms. The van der Waals surface area contributed by atoms with Gasteiger partial charge in [-0.25, -0.2) is 0 Å². The van der Waals surface area contributed by atoms with E-state index in [0.29, 0.717) is 6.54 Å². The standard InChI is InChI=1S/C16H20N4O2/c1-22-15-4-2-13(3-5-15)11-19-16(21)14(10-17)12-20-8-6-18-7-9-20/h2-5,12,18H,6-9,11H2,1H3,(H,19,21)/b14-12-. The van der Waals surface area contributed by atoms with Crippen molar-refractivity contribution in [3.8, 4) is 11.8 Å². The van der Waals surface area contributed by atoms with Crippen molar-refractivity contribution in [3.05, 3.63) is 41.6 Å². The molecule has 2 N–H and O–H groups in total. The Bertz CT molecular complexity index is 569. The van der Waals surface area contributed by atoms with Crippen LogP contribution in [0.1, 0.15) is 5.56 Å². The number of hydrogen-bond donors (Lipinski definition) is 2. The van der Waals surface area contributed by atoms with Crippen LogP contribution in [0.2, 0.25) is 0 Å². The smallest absolute Gasteiger partial charge is 0.263 e. The molecule has 0 bridgehead atoms. The molecule has 1 aromatic carbocycles. The summed E-state index contributed by atoms with van der Waals surface area (Å²) in [5, 5.41) is 15.1. The zero-order chi connectivity index (χ0) is 15.8. The van der Waals surface area contributed by atoms with E-state index in [0.717, 1.165) is 37.5 Å². The molecule has 6 nitrogen and oxygen atoms in total. The maximum absolute atomic E-state index is 12.1. The molecule has 2 rings (SSSR count). The third-order valence-electron chi connectivity index (χ3n) is 3.44. The second kappa shape index (κ2) is 8.05. The van der Waals surface area contributed by atoms with Crippen LogP contribution in [0.3, 0.4) is 0 Å². The molecule has 0 unspecified atom stereocenters. The van der Waals surface area contributed by atoms with E-state index in [4.69, 9.17) is 10.00 Å². The van der Waals surface area contributed by atoms with Gasteiger partial charge in [0.25, 0.3) is 5.91 Å². The Morgan fingerprint density at radius 3 is 2.68 bits per heavy atom. The average molecular weight is 300 g/mol. The SMILES string of the molecule is COc1ccc(CNC(=O)/C(C#N)=C\N2CCNCC2)cc1. The molecule has 1 aromatic rings. The summed E-state index contributed by atoms with van der Waals surface area (Å²) < 4.78 is 5.08. The van der Waals surface area contributed by atoms with Crippen molar-refractivity contribution in [2.75, 3.05) is 33.3 Å². The Kier molecular flexibility index (Phi) is 5.81. The van der Waals surface area contributed by atoms with Gasteiger partial charge in [-0.1, -0.05) is 12.1 Å². The summed E-state index contributed by atoms with van der Waals surface area (Å²) in [6.45, 7) is 3.71. The van der Waals surface area contributed by atoms with Gasteiger partial charge in [0.2, 0.25) is 0 Å². The number of nitrogens with one attached hydrogen (secondary N) is 2. The van der Waals surface area contributed by atoms with Crippen LogP contribution in [0.25, 0.3) is 0 Å². The lowest BCUT2D eigenvalue weighted by Crippen LogP contribution is -2.41. The summed E-state index contributed by atoms with van der Waals surface area (Å²) in [5.74, 6) is 0.420. The second-order valence-electron chi connectivity index (χ2n) is 4.97. The Morgan fingerprint density at radius 1 is 1.41 bits per heavy atom. The summed E-state index contributed by atoms with van der Waals surface area (Å²) in [5.41, 5.74) is 1.09. The van der Waals surface area contributed by atoms with Crippen molar-refractivity contribution < 1.29 is 9.53 Å². The molecule has 22 heavy (non-hydrogen) atoms. The summed E-state index contributed by atoms with van der Waals surface area (Å²) in [6, 6.07) is 9.40. The fraction of sp³-hybridized carbons (Fsp3) is 0.375. The lowest BCUT2D eigenvalue weighted by molar-refractivity contribution is -0.117.